The number of anilines is 2. The Labute approximate surface area is 134 Å². The molecule has 108 valence electrons. The standard InChI is InChI=1S/C17H15Cl2NO/c1-10-8-12(5-6-14(10)19)20-15-7-4-11(18)9-13(15)17(2,3)16(20)21/h4-9H,1-3H3. The normalized spacial score (nSPS) is 16.2. The molecule has 1 amide bonds. The molecule has 0 spiro atoms. The zero-order valence-corrected chi connectivity index (χ0v) is 13.6. The average Bonchev–Trinajstić information content (AvgIpc) is 2.62. The van der Waals surface area contributed by atoms with Gasteiger partial charge in [-0.25, -0.2) is 0 Å². The fourth-order valence-electron chi connectivity index (χ4n) is 2.73. The van der Waals surface area contributed by atoms with Crippen LogP contribution in [0.2, 0.25) is 10.0 Å². The van der Waals surface area contributed by atoms with E-state index in [2.05, 4.69) is 0 Å². The summed E-state index contributed by atoms with van der Waals surface area (Å²) in [7, 11) is 0. The van der Waals surface area contributed by atoms with Crippen LogP contribution in [0.5, 0.6) is 0 Å². The van der Waals surface area contributed by atoms with Crippen LogP contribution in [0.15, 0.2) is 36.4 Å². The van der Waals surface area contributed by atoms with E-state index in [1.54, 1.807) is 4.90 Å². The number of carbonyl (C=O) groups excluding carboxylic acids is 1. The SMILES string of the molecule is Cc1cc(N2C(=O)C(C)(C)c3cc(Cl)ccc32)ccc1Cl. The van der Waals surface area contributed by atoms with Crippen molar-refractivity contribution in [1.29, 1.82) is 0 Å². The Morgan fingerprint density at radius 1 is 1.05 bits per heavy atom. The monoisotopic (exact) mass is 319 g/mol. The quantitative estimate of drug-likeness (QED) is 0.702. The number of nitrogens with zero attached hydrogens (tertiary/aromatic N) is 1. The maximum absolute atomic E-state index is 12.8. The van der Waals surface area contributed by atoms with E-state index in [1.807, 2.05) is 57.2 Å². The molecule has 0 aliphatic carbocycles. The first-order valence-electron chi connectivity index (χ1n) is 6.73. The van der Waals surface area contributed by atoms with Crippen LogP contribution in [-0.2, 0) is 10.2 Å². The lowest BCUT2D eigenvalue weighted by molar-refractivity contribution is -0.121. The number of aryl methyl sites for hydroxylation is 1. The molecule has 0 fully saturated rings. The maximum Gasteiger partial charge on any atom is 0.241 e. The van der Waals surface area contributed by atoms with Gasteiger partial charge in [-0.3, -0.25) is 9.69 Å². The summed E-state index contributed by atoms with van der Waals surface area (Å²) in [5.41, 5.74) is 3.02. The number of benzene rings is 2. The molecular formula is C17H15Cl2NO. The molecule has 0 atom stereocenters. The lowest BCUT2D eigenvalue weighted by Gasteiger charge is -2.21. The highest BCUT2D eigenvalue weighted by molar-refractivity contribution is 6.31. The van der Waals surface area contributed by atoms with Gasteiger partial charge in [-0.2, -0.15) is 0 Å². The number of hydrogen-bond acceptors (Lipinski definition) is 1. The van der Waals surface area contributed by atoms with Crippen molar-refractivity contribution in [2.45, 2.75) is 26.2 Å². The van der Waals surface area contributed by atoms with Crippen molar-refractivity contribution in [3.05, 3.63) is 57.6 Å². The second-order valence-corrected chi connectivity index (χ2v) is 6.70. The van der Waals surface area contributed by atoms with E-state index in [9.17, 15) is 4.79 Å². The molecule has 1 heterocycles. The molecule has 0 unspecified atom stereocenters. The number of halogens is 2. The molecule has 0 radical (unpaired) electrons. The molecular weight excluding hydrogens is 305 g/mol. The topological polar surface area (TPSA) is 20.3 Å². The van der Waals surface area contributed by atoms with Gasteiger partial charge < -0.3 is 0 Å². The number of hydrogen-bond donors (Lipinski definition) is 0. The Hall–Kier alpha value is -1.51. The minimum absolute atomic E-state index is 0.0430. The molecule has 1 aliphatic heterocycles. The zero-order chi connectivity index (χ0) is 15.4. The number of carbonyl (C=O) groups is 1. The molecule has 0 aromatic heterocycles. The average molecular weight is 320 g/mol. The minimum Gasteiger partial charge on any atom is -0.280 e. The van der Waals surface area contributed by atoms with Gasteiger partial charge in [0.05, 0.1) is 11.1 Å². The van der Waals surface area contributed by atoms with E-state index in [4.69, 9.17) is 23.2 Å². The van der Waals surface area contributed by atoms with Crippen LogP contribution in [-0.4, -0.2) is 5.91 Å². The van der Waals surface area contributed by atoms with Crippen molar-refractivity contribution in [3.8, 4) is 0 Å². The molecule has 1 aliphatic rings. The summed E-state index contributed by atoms with van der Waals surface area (Å²) >= 11 is 12.2. The third kappa shape index (κ3) is 2.14. The van der Waals surface area contributed by atoms with Gasteiger partial charge in [0.2, 0.25) is 5.91 Å². The second-order valence-electron chi connectivity index (χ2n) is 5.86. The van der Waals surface area contributed by atoms with Crippen molar-refractivity contribution in [2.75, 3.05) is 4.90 Å². The number of amides is 1. The Balaban J connectivity index is 2.21. The molecule has 2 nitrogen and oxygen atoms in total. The first kappa shape index (κ1) is 14.4. The third-order valence-corrected chi connectivity index (χ3v) is 4.67. The van der Waals surface area contributed by atoms with E-state index in [0.717, 1.165) is 22.5 Å². The summed E-state index contributed by atoms with van der Waals surface area (Å²) in [4.78, 5) is 14.6. The summed E-state index contributed by atoms with van der Waals surface area (Å²) in [6, 6.07) is 11.2. The van der Waals surface area contributed by atoms with Crippen molar-refractivity contribution >= 4 is 40.5 Å². The first-order chi connectivity index (χ1) is 9.82. The predicted octanol–water partition coefficient (Wildman–Crippen LogP) is 5.26. The fraction of sp³-hybridized carbons (Fsp3) is 0.235. The van der Waals surface area contributed by atoms with E-state index in [0.29, 0.717) is 10.0 Å². The summed E-state index contributed by atoms with van der Waals surface area (Å²) in [6.45, 7) is 5.78. The van der Waals surface area contributed by atoms with Crippen molar-refractivity contribution in [1.82, 2.24) is 0 Å². The molecule has 4 heteroatoms. The van der Waals surface area contributed by atoms with Crippen LogP contribution in [0.3, 0.4) is 0 Å². The number of rotatable bonds is 1. The van der Waals surface area contributed by atoms with Crippen molar-refractivity contribution in [3.63, 3.8) is 0 Å². The van der Waals surface area contributed by atoms with Crippen LogP contribution in [0.25, 0.3) is 0 Å². The van der Waals surface area contributed by atoms with Crippen LogP contribution in [0.1, 0.15) is 25.0 Å². The van der Waals surface area contributed by atoms with Gasteiger partial charge in [-0.05, 0) is 68.3 Å². The Kier molecular flexibility index (Phi) is 3.27. The molecule has 0 N–H and O–H groups in total. The Bertz CT molecular complexity index is 752. The van der Waals surface area contributed by atoms with Gasteiger partial charge >= 0.3 is 0 Å². The predicted molar refractivity (Wildman–Crippen MR) is 87.8 cm³/mol. The summed E-state index contributed by atoms with van der Waals surface area (Å²) in [6.07, 6.45) is 0. The molecule has 0 bridgehead atoms. The zero-order valence-electron chi connectivity index (χ0n) is 12.1. The van der Waals surface area contributed by atoms with E-state index in [1.165, 1.54) is 0 Å². The van der Waals surface area contributed by atoms with Gasteiger partial charge in [-0.1, -0.05) is 23.2 Å². The minimum atomic E-state index is -0.590. The smallest absolute Gasteiger partial charge is 0.241 e. The third-order valence-electron chi connectivity index (χ3n) is 4.01. The molecule has 3 rings (SSSR count). The Morgan fingerprint density at radius 3 is 2.43 bits per heavy atom. The summed E-state index contributed by atoms with van der Waals surface area (Å²) in [5, 5.41) is 1.34. The largest absolute Gasteiger partial charge is 0.280 e. The summed E-state index contributed by atoms with van der Waals surface area (Å²) < 4.78 is 0. The molecule has 21 heavy (non-hydrogen) atoms. The number of fused-ring (bicyclic) bond motifs is 1. The van der Waals surface area contributed by atoms with Gasteiger partial charge in [0.15, 0.2) is 0 Å². The molecule has 2 aromatic carbocycles. The highest BCUT2D eigenvalue weighted by Gasteiger charge is 2.44. The van der Waals surface area contributed by atoms with Crippen molar-refractivity contribution in [2.24, 2.45) is 0 Å². The van der Waals surface area contributed by atoms with Crippen LogP contribution >= 0.6 is 23.2 Å². The van der Waals surface area contributed by atoms with Crippen LogP contribution in [0, 0.1) is 6.92 Å². The molecule has 0 saturated carbocycles. The maximum atomic E-state index is 12.8. The molecule has 2 aromatic rings. The van der Waals surface area contributed by atoms with Gasteiger partial charge in [0.1, 0.15) is 0 Å². The summed E-state index contributed by atoms with van der Waals surface area (Å²) in [5.74, 6) is 0.0430. The second kappa shape index (κ2) is 4.75. The fourth-order valence-corrected chi connectivity index (χ4v) is 3.02. The van der Waals surface area contributed by atoms with E-state index >= 15 is 0 Å². The highest BCUT2D eigenvalue weighted by Crippen LogP contribution is 2.46. The first-order valence-corrected chi connectivity index (χ1v) is 7.48. The van der Waals surface area contributed by atoms with Gasteiger partial charge in [-0.15, -0.1) is 0 Å². The van der Waals surface area contributed by atoms with E-state index in [-0.39, 0.29) is 5.91 Å². The van der Waals surface area contributed by atoms with Crippen molar-refractivity contribution < 1.29 is 4.79 Å². The lowest BCUT2D eigenvalue weighted by Crippen LogP contribution is -2.33. The highest BCUT2D eigenvalue weighted by atomic mass is 35.5. The van der Waals surface area contributed by atoms with Crippen LogP contribution in [0.4, 0.5) is 11.4 Å². The van der Waals surface area contributed by atoms with E-state index < -0.39 is 5.41 Å². The lowest BCUT2D eigenvalue weighted by atomic mass is 9.86. The van der Waals surface area contributed by atoms with Gasteiger partial charge in [0, 0.05) is 15.7 Å². The van der Waals surface area contributed by atoms with Gasteiger partial charge in [0.25, 0.3) is 0 Å². The Morgan fingerprint density at radius 2 is 1.76 bits per heavy atom. The molecule has 0 saturated heterocycles. The van der Waals surface area contributed by atoms with Crippen LogP contribution < -0.4 is 4.90 Å².